The van der Waals surface area contributed by atoms with E-state index in [2.05, 4.69) is 0 Å². The molecule has 3 rings (SSSR count). The van der Waals surface area contributed by atoms with Crippen molar-refractivity contribution in [2.75, 3.05) is 0 Å². The van der Waals surface area contributed by atoms with Crippen LogP contribution in [-0.2, 0) is 0 Å². The van der Waals surface area contributed by atoms with Crippen molar-refractivity contribution in [3.8, 4) is 17.1 Å². The molecular weight excluding hydrogens is 256 g/mol. The van der Waals surface area contributed by atoms with Gasteiger partial charge in [-0.1, -0.05) is 19.1 Å². The fourth-order valence-corrected chi connectivity index (χ4v) is 2.56. The maximum Gasteiger partial charge on any atom is 0.202 e. The Balaban J connectivity index is 2.36. The monoisotopic (exact) mass is 270 g/mol. The number of aldehydes is 1. The molecule has 0 N–H and O–H groups in total. The highest BCUT2D eigenvalue weighted by Crippen LogP contribution is 2.43. The van der Waals surface area contributed by atoms with E-state index in [1.54, 1.807) is 0 Å². The van der Waals surface area contributed by atoms with Crippen molar-refractivity contribution in [3.63, 3.8) is 0 Å². The van der Waals surface area contributed by atoms with Crippen LogP contribution in [0.4, 0.5) is 0 Å². The minimum atomic E-state index is -0.380. The van der Waals surface area contributed by atoms with E-state index in [1.165, 1.54) is 6.26 Å². The van der Waals surface area contributed by atoms with E-state index in [9.17, 15) is 9.59 Å². The third-order valence-corrected chi connectivity index (χ3v) is 3.59. The van der Waals surface area contributed by atoms with Crippen molar-refractivity contribution in [1.29, 1.82) is 0 Å². The number of benzene rings is 1. The molecule has 0 amide bonds. The topological polar surface area (TPSA) is 56.5 Å². The van der Waals surface area contributed by atoms with Gasteiger partial charge in [-0.25, -0.2) is 0 Å². The largest absolute Gasteiger partial charge is 0.484 e. The molecule has 102 valence electrons. The summed E-state index contributed by atoms with van der Waals surface area (Å²) in [5.41, 5.74) is 1.92. The molecule has 0 fully saturated rings. The molecule has 1 aromatic heterocycles. The highest BCUT2D eigenvalue weighted by molar-refractivity contribution is 5.78. The molecule has 0 bridgehead atoms. The van der Waals surface area contributed by atoms with Gasteiger partial charge >= 0.3 is 0 Å². The van der Waals surface area contributed by atoms with E-state index in [1.807, 2.05) is 32.0 Å². The van der Waals surface area contributed by atoms with E-state index in [0.717, 1.165) is 16.9 Å². The van der Waals surface area contributed by atoms with Crippen LogP contribution < -0.4 is 10.2 Å². The van der Waals surface area contributed by atoms with Crippen LogP contribution in [-0.4, -0.2) is 6.29 Å². The summed E-state index contributed by atoms with van der Waals surface area (Å²) in [7, 11) is 0. The number of fused-ring (bicyclic) bond motifs is 3. The quantitative estimate of drug-likeness (QED) is 0.786. The Hall–Kier alpha value is -2.36. The Morgan fingerprint density at radius 1 is 1.35 bits per heavy atom. The second-order valence-corrected chi connectivity index (χ2v) is 4.85. The first-order valence-corrected chi connectivity index (χ1v) is 6.54. The van der Waals surface area contributed by atoms with Crippen LogP contribution >= 0.6 is 0 Å². The van der Waals surface area contributed by atoms with Crippen molar-refractivity contribution < 1.29 is 13.9 Å². The van der Waals surface area contributed by atoms with E-state index >= 15 is 0 Å². The molecular formula is C16H14O4. The molecule has 0 saturated heterocycles. The molecule has 20 heavy (non-hydrogen) atoms. The summed E-state index contributed by atoms with van der Waals surface area (Å²) < 4.78 is 11.5. The first kappa shape index (κ1) is 12.7. The van der Waals surface area contributed by atoms with E-state index < -0.39 is 0 Å². The SMILES string of the molecule is CCC1Oc2c(C)cccc2-c2occ(C=O)c(=O)c21. The highest BCUT2D eigenvalue weighted by atomic mass is 16.5. The normalized spacial score (nSPS) is 16.0. The Kier molecular flexibility index (Phi) is 2.93. The van der Waals surface area contributed by atoms with Gasteiger partial charge in [0.15, 0.2) is 6.29 Å². The molecule has 0 saturated carbocycles. The minimum Gasteiger partial charge on any atom is -0.484 e. The summed E-state index contributed by atoms with van der Waals surface area (Å²) in [5.74, 6) is 1.26. The average molecular weight is 270 g/mol. The number of hydrogen-bond donors (Lipinski definition) is 0. The van der Waals surface area contributed by atoms with Crippen molar-refractivity contribution >= 4 is 6.29 Å². The first-order chi connectivity index (χ1) is 9.67. The van der Waals surface area contributed by atoms with Crippen LogP contribution in [0, 0.1) is 6.92 Å². The van der Waals surface area contributed by atoms with Crippen molar-refractivity contribution in [3.05, 3.63) is 51.4 Å². The third kappa shape index (κ3) is 1.68. The third-order valence-electron chi connectivity index (χ3n) is 3.59. The summed E-state index contributed by atoms with van der Waals surface area (Å²) >= 11 is 0. The zero-order valence-electron chi connectivity index (χ0n) is 11.3. The zero-order valence-corrected chi connectivity index (χ0v) is 11.3. The molecule has 0 radical (unpaired) electrons. The number of hydrogen-bond acceptors (Lipinski definition) is 4. The van der Waals surface area contributed by atoms with Crippen LogP contribution in [0.25, 0.3) is 11.3 Å². The number of carbonyl (C=O) groups is 1. The minimum absolute atomic E-state index is 0.0295. The molecule has 2 heterocycles. The summed E-state index contributed by atoms with van der Waals surface area (Å²) in [5, 5.41) is 0. The fraction of sp³-hybridized carbons (Fsp3) is 0.250. The lowest BCUT2D eigenvalue weighted by atomic mass is 9.94. The maximum atomic E-state index is 12.3. The van der Waals surface area contributed by atoms with Crippen molar-refractivity contribution in [1.82, 2.24) is 0 Å². The Bertz CT molecular complexity index is 743. The van der Waals surface area contributed by atoms with Gasteiger partial charge in [-0.05, 0) is 25.0 Å². The summed E-state index contributed by atoms with van der Waals surface area (Å²) in [6.45, 7) is 3.89. The molecule has 1 aromatic carbocycles. The Morgan fingerprint density at radius 3 is 2.85 bits per heavy atom. The molecule has 0 spiro atoms. The molecule has 1 aliphatic rings. The van der Waals surface area contributed by atoms with Gasteiger partial charge in [0.25, 0.3) is 0 Å². The van der Waals surface area contributed by atoms with E-state index in [-0.39, 0.29) is 17.1 Å². The van der Waals surface area contributed by atoms with Gasteiger partial charge in [-0.3, -0.25) is 9.59 Å². The highest BCUT2D eigenvalue weighted by Gasteiger charge is 2.31. The average Bonchev–Trinajstić information content (AvgIpc) is 2.47. The first-order valence-electron chi connectivity index (χ1n) is 6.54. The smallest absolute Gasteiger partial charge is 0.202 e. The number of aryl methyl sites for hydroxylation is 1. The van der Waals surface area contributed by atoms with Crippen LogP contribution in [0.2, 0.25) is 0 Å². The van der Waals surface area contributed by atoms with Gasteiger partial charge in [0.1, 0.15) is 23.9 Å². The van der Waals surface area contributed by atoms with Crippen LogP contribution in [0.3, 0.4) is 0 Å². The second kappa shape index (κ2) is 4.63. The standard InChI is InChI=1S/C16H14O4/c1-3-12-13-14(18)10(7-17)8-19-16(13)11-6-4-5-9(2)15(11)20-12/h4-8,12H,3H2,1-2H3. The number of para-hydroxylation sites is 1. The number of ether oxygens (including phenoxy) is 1. The van der Waals surface area contributed by atoms with Crippen molar-refractivity contribution in [2.45, 2.75) is 26.4 Å². The lowest BCUT2D eigenvalue weighted by molar-refractivity contribution is 0.111. The lowest BCUT2D eigenvalue weighted by Gasteiger charge is -2.27. The molecule has 4 nitrogen and oxygen atoms in total. The number of carbonyl (C=O) groups excluding carboxylic acids is 1. The Labute approximate surface area is 116 Å². The van der Waals surface area contributed by atoms with Gasteiger partial charge in [0.05, 0.1) is 16.7 Å². The van der Waals surface area contributed by atoms with Gasteiger partial charge < -0.3 is 9.15 Å². The van der Waals surface area contributed by atoms with Gasteiger partial charge in [-0.2, -0.15) is 0 Å². The summed E-state index contributed by atoms with van der Waals surface area (Å²) in [4.78, 5) is 23.2. The molecule has 1 atom stereocenters. The molecule has 0 aliphatic carbocycles. The van der Waals surface area contributed by atoms with Gasteiger partial charge in [-0.15, -0.1) is 0 Å². The van der Waals surface area contributed by atoms with E-state index in [4.69, 9.17) is 9.15 Å². The van der Waals surface area contributed by atoms with E-state index in [0.29, 0.717) is 24.0 Å². The molecule has 2 aromatic rings. The predicted molar refractivity (Wildman–Crippen MR) is 74.2 cm³/mol. The zero-order chi connectivity index (χ0) is 14.3. The second-order valence-electron chi connectivity index (χ2n) is 4.85. The van der Waals surface area contributed by atoms with Gasteiger partial charge in [0, 0.05) is 0 Å². The Morgan fingerprint density at radius 2 is 2.15 bits per heavy atom. The lowest BCUT2D eigenvalue weighted by Crippen LogP contribution is -2.24. The predicted octanol–water partition coefficient (Wildman–Crippen LogP) is 3.27. The molecule has 1 unspecified atom stereocenters. The van der Waals surface area contributed by atoms with Gasteiger partial charge in [0.2, 0.25) is 5.43 Å². The molecule has 1 aliphatic heterocycles. The summed E-state index contributed by atoms with van der Waals surface area (Å²) in [6.07, 6.45) is 1.99. The molecule has 4 heteroatoms. The number of rotatable bonds is 2. The van der Waals surface area contributed by atoms with Crippen LogP contribution in [0.15, 0.2) is 33.7 Å². The van der Waals surface area contributed by atoms with Crippen LogP contribution in [0.1, 0.15) is 40.9 Å². The fourth-order valence-electron chi connectivity index (χ4n) is 2.56. The van der Waals surface area contributed by atoms with Crippen molar-refractivity contribution in [2.24, 2.45) is 0 Å². The maximum absolute atomic E-state index is 12.3. The summed E-state index contributed by atoms with van der Waals surface area (Å²) in [6, 6.07) is 5.70. The van der Waals surface area contributed by atoms with Crippen LogP contribution in [0.5, 0.6) is 5.75 Å².